The van der Waals surface area contributed by atoms with Crippen molar-refractivity contribution in [2.75, 3.05) is 13.1 Å². The van der Waals surface area contributed by atoms with Crippen molar-refractivity contribution in [2.45, 2.75) is 85.4 Å². The van der Waals surface area contributed by atoms with Crippen LogP contribution in [0.3, 0.4) is 0 Å². The first-order valence-corrected chi connectivity index (χ1v) is 12.6. The van der Waals surface area contributed by atoms with Crippen LogP contribution in [0.1, 0.15) is 67.2 Å². The number of allylic oxidation sites excluding steroid dienone is 1. The van der Waals surface area contributed by atoms with E-state index in [0.29, 0.717) is 13.0 Å². The molecule has 1 aliphatic heterocycles. The Bertz CT molecular complexity index is 850. The normalized spacial score (nSPS) is 20.3. The molecule has 11 heteroatoms. The van der Waals surface area contributed by atoms with Crippen molar-refractivity contribution in [1.82, 2.24) is 15.5 Å². The number of rotatable bonds is 13. The first kappa shape index (κ1) is 30.9. The molecule has 1 fully saturated rings. The van der Waals surface area contributed by atoms with Gasteiger partial charge in [-0.15, -0.1) is 0 Å². The lowest BCUT2D eigenvalue weighted by Crippen LogP contribution is -2.56. The van der Waals surface area contributed by atoms with Gasteiger partial charge in [0.25, 0.3) is 0 Å². The van der Waals surface area contributed by atoms with Gasteiger partial charge >= 0.3 is 5.97 Å². The first-order chi connectivity index (χ1) is 16.8. The molecule has 36 heavy (non-hydrogen) atoms. The monoisotopic (exact) mass is 508 g/mol. The molecule has 0 aromatic rings. The van der Waals surface area contributed by atoms with Gasteiger partial charge in [0.05, 0.1) is 0 Å². The van der Waals surface area contributed by atoms with Gasteiger partial charge in [0.2, 0.25) is 17.7 Å². The standard InChI is InChI=1S/C25H44N6O5/c1-7-17-13-31(21(16(17)6)22(33)30-19(24(35)36)11-14(2)3)23(34)18(9-8-10-28-25(26)27)29-20(32)12-15(4)5/h7,14-16,18-19,21H,8-13H2,1-6H3,(H,29,32)(H,30,33)(H,35,36)(H4,26,27,28)/b17-7+/t16-,18+,19+,21+/m1/s1. The van der Waals surface area contributed by atoms with Crippen molar-refractivity contribution in [3.05, 3.63) is 11.6 Å². The van der Waals surface area contributed by atoms with Gasteiger partial charge in [0.1, 0.15) is 18.1 Å². The van der Waals surface area contributed by atoms with Gasteiger partial charge in [0.15, 0.2) is 5.96 Å². The second-order valence-electron chi connectivity index (χ2n) is 10.3. The van der Waals surface area contributed by atoms with Crippen molar-refractivity contribution in [1.29, 1.82) is 0 Å². The molecule has 4 atom stereocenters. The van der Waals surface area contributed by atoms with Crippen molar-refractivity contribution in [3.63, 3.8) is 0 Å². The molecule has 1 aliphatic rings. The van der Waals surface area contributed by atoms with Crippen LogP contribution in [-0.4, -0.2) is 70.9 Å². The maximum atomic E-state index is 13.7. The van der Waals surface area contributed by atoms with Crippen LogP contribution < -0.4 is 22.1 Å². The summed E-state index contributed by atoms with van der Waals surface area (Å²) >= 11 is 0. The summed E-state index contributed by atoms with van der Waals surface area (Å²) in [6, 6.07) is -2.81. The number of carbonyl (C=O) groups excluding carboxylic acids is 3. The van der Waals surface area contributed by atoms with E-state index >= 15 is 0 Å². The van der Waals surface area contributed by atoms with Crippen molar-refractivity contribution >= 4 is 29.7 Å². The summed E-state index contributed by atoms with van der Waals surface area (Å²) < 4.78 is 0. The molecule has 7 N–H and O–H groups in total. The number of carboxylic acid groups (broad SMARTS) is 1. The Kier molecular flexibility index (Phi) is 12.4. The van der Waals surface area contributed by atoms with E-state index in [2.05, 4.69) is 15.6 Å². The lowest BCUT2D eigenvalue weighted by Gasteiger charge is -2.30. The van der Waals surface area contributed by atoms with Crippen LogP contribution in [0.2, 0.25) is 0 Å². The third-order valence-corrected chi connectivity index (χ3v) is 6.16. The fraction of sp³-hybridized carbons (Fsp3) is 0.720. The van der Waals surface area contributed by atoms with Crippen molar-refractivity contribution in [3.8, 4) is 0 Å². The zero-order chi connectivity index (χ0) is 27.6. The molecule has 0 aromatic heterocycles. The largest absolute Gasteiger partial charge is 0.480 e. The molecule has 0 saturated carbocycles. The quantitative estimate of drug-likeness (QED) is 0.106. The van der Waals surface area contributed by atoms with E-state index in [-0.39, 0.29) is 55.4 Å². The van der Waals surface area contributed by atoms with E-state index in [1.165, 1.54) is 4.90 Å². The summed E-state index contributed by atoms with van der Waals surface area (Å²) in [6.07, 6.45) is 3.13. The van der Waals surface area contributed by atoms with Crippen LogP contribution in [0.4, 0.5) is 0 Å². The zero-order valence-corrected chi connectivity index (χ0v) is 22.4. The predicted octanol–water partition coefficient (Wildman–Crippen LogP) is 0.980. The number of amides is 3. The van der Waals surface area contributed by atoms with Crippen LogP contribution in [0, 0.1) is 17.8 Å². The average molecular weight is 509 g/mol. The van der Waals surface area contributed by atoms with Crippen LogP contribution in [0.15, 0.2) is 16.6 Å². The van der Waals surface area contributed by atoms with Crippen molar-refractivity contribution < 1.29 is 24.3 Å². The van der Waals surface area contributed by atoms with Gasteiger partial charge in [-0.25, -0.2) is 4.79 Å². The Morgan fingerprint density at radius 3 is 2.25 bits per heavy atom. The highest BCUT2D eigenvalue weighted by Crippen LogP contribution is 2.30. The maximum absolute atomic E-state index is 13.7. The lowest BCUT2D eigenvalue weighted by atomic mass is 9.96. The molecule has 0 radical (unpaired) electrons. The summed E-state index contributed by atoms with van der Waals surface area (Å²) in [7, 11) is 0. The summed E-state index contributed by atoms with van der Waals surface area (Å²) in [5, 5.41) is 15.0. The Labute approximate surface area is 214 Å². The van der Waals surface area contributed by atoms with E-state index in [1.807, 2.05) is 47.6 Å². The Morgan fingerprint density at radius 1 is 1.11 bits per heavy atom. The lowest BCUT2D eigenvalue weighted by molar-refractivity contribution is -0.145. The molecule has 3 amide bonds. The summed E-state index contributed by atoms with van der Waals surface area (Å²) in [5.74, 6) is -2.49. The predicted molar refractivity (Wildman–Crippen MR) is 139 cm³/mol. The van der Waals surface area contributed by atoms with Crippen LogP contribution in [0.25, 0.3) is 0 Å². The number of nitrogens with two attached hydrogens (primary N) is 2. The Hall–Kier alpha value is -3.11. The van der Waals surface area contributed by atoms with E-state index in [1.54, 1.807) is 0 Å². The Balaban J connectivity index is 3.20. The van der Waals surface area contributed by atoms with Crippen LogP contribution in [-0.2, 0) is 19.2 Å². The van der Waals surface area contributed by atoms with Crippen molar-refractivity contribution in [2.24, 2.45) is 34.2 Å². The number of guanidine groups is 1. The van der Waals surface area contributed by atoms with Gasteiger partial charge in [-0.3, -0.25) is 19.4 Å². The fourth-order valence-electron chi connectivity index (χ4n) is 4.38. The summed E-state index contributed by atoms with van der Waals surface area (Å²) in [4.78, 5) is 56.7. The topological polar surface area (TPSA) is 180 Å². The Morgan fingerprint density at radius 2 is 1.75 bits per heavy atom. The molecule has 0 aliphatic carbocycles. The third-order valence-electron chi connectivity index (χ3n) is 6.16. The van der Waals surface area contributed by atoms with E-state index in [9.17, 15) is 24.3 Å². The zero-order valence-electron chi connectivity index (χ0n) is 22.4. The number of hydrogen-bond acceptors (Lipinski definition) is 5. The first-order valence-electron chi connectivity index (χ1n) is 12.6. The second kappa shape index (κ2) is 14.4. The van der Waals surface area contributed by atoms with Gasteiger partial charge in [-0.1, -0.05) is 40.7 Å². The SMILES string of the molecule is C/C=C1\CN(C(=O)[C@H](CCCN=C(N)N)NC(=O)CC(C)C)[C@H](C(=O)N[C@@H](CC(C)C)C(=O)O)[C@@H]1C. The smallest absolute Gasteiger partial charge is 0.326 e. The van der Waals surface area contributed by atoms with Gasteiger partial charge in [0, 0.05) is 25.4 Å². The van der Waals surface area contributed by atoms with Gasteiger partial charge in [-0.2, -0.15) is 0 Å². The molecule has 1 rings (SSSR count). The van der Waals surface area contributed by atoms with Gasteiger partial charge in [-0.05, 0) is 43.6 Å². The molecular weight excluding hydrogens is 464 g/mol. The molecule has 0 unspecified atom stereocenters. The number of aliphatic imine (C=N–C) groups is 1. The third kappa shape index (κ3) is 9.50. The molecule has 1 heterocycles. The van der Waals surface area contributed by atoms with Gasteiger partial charge < -0.3 is 32.1 Å². The highest BCUT2D eigenvalue weighted by Gasteiger charge is 2.44. The molecule has 0 spiro atoms. The molecule has 0 aromatic carbocycles. The molecular formula is C25H44N6O5. The highest BCUT2D eigenvalue weighted by atomic mass is 16.4. The minimum atomic E-state index is -1.12. The summed E-state index contributed by atoms with van der Waals surface area (Å²) in [5.41, 5.74) is 11.7. The van der Waals surface area contributed by atoms with E-state index in [0.717, 1.165) is 5.57 Å². The van der Waals surface area contributed by atoms with Crippen LogP contribution >= 0.6 is 0 Å². The highest BCUT2D eigenvalue weighted by molar-refractivity contribution is 5.94. The summed E-state index contributed by atoms with van der Waals surface area (Å²) in [6.45, 7) is 11.8. The van der Waals surface area contributed by atoms with E-state index in [4.69, 9.17) is 11.5 Å². The van der Waals surface area contributed by atoms with Crippen LogP contribution in [0.5, 0.6) is 0 Å². The number of hydrogen-bond donors (Lipinski definition) is 5. The maximum Gasteiger partial charge on any atom is 0.326 e. The second-order valence-corrected chi connectivity index (χ2v) is 10.3. The minimum Gasteiger partial charge on any atom is -0.480 e. The molecule has 0 bridgehead atoms. The molecule has 11 nitrogen and oxygen atoms in total. The fourth-order valence-corrected chi connectivity index (χ4v) is 4.38. The minimum absolute atomic E-state index is 0.0565. The number of nitrogens with one attached hydrogen (secondary N) is 2. The number of carboxylic acids is 1. The number of carbonyl (C=O) groups is 4. The number of likely N-dealkylation sites (tertiary alicyclic amines) is 1. The molecule has 204 valence electrons. The number of nitrogens with zero attached hydrogens (tertiary/aromatic N) is 2. The molecule has 1 saturated heterocycles. The number of aliphatic carboxylic acids is 1. The average Bonchev–Trinajstić information content (AvgIpc) is 3.10. The van der Waals surface area contributed by atoms with E-state index < -0.39 is 35.9 Å².